The van der Waals surface area contributed by atoms with E-state index < -0.39 is 0 Å². The van der Waals surface area contributed by atoms with E-state index in [9.17, 15) is 4.79 Å². The second-order valence-corrected chi connectivity index (χ2v) is 4.16. The van der Waals surface area contributed by atoms with E-state index in [1.165, 1.54) is 0 Å². The van der Waals surface area contributed by atoms with Gasteiger partial charge in [-0.05, 0) is 13.0 Å². The molecule has 7 heteroatoms. The van der Waals surface area contributed by atoms with E-state index in [1.54, 1.807) is 0 Å². The molecule has 2 rings (SSSR count). The summed E-state index contributed by atoms with van der Waals surface area (Å²) in [6, 6.07) is 0.336. The molecule has 0 radical (unpaired) electrons. The molecule has 5 nitrogen and oxygen atoms in total. The lowest BCUT2D eigenvalue weighted by molar-refractivity contribution is -0.145. The van der Waals surface area contributed by atoms with Crippen LogP contribution in [0.3, 0.4) is 0 Å². The summed E-state index contributed by atoms with van der Waals surface area (Å²) >= 11 is 0. The summed E-state index contributed by atoms with van der Waals surface area (Å²) in [4.78, 5) is 13.8. The van der Waals surface area contributed by atoms with E-state index in [2.05, 4.69) is 10.6 Å². The summed E-state index contributed by atoms with van der Waals surface area (Å²) in [5, 5.41) is 6.43. The van der Waals surface area contributed by atoms with Crippen LogP contribution in [0.4, 0.5) is 0 Å². The monoisotopic (exact) mass is 285 g/mol. The van der Waals surface area contributed by atoms with Crippen LogP contribution >= 0.6 is 24.8 Å². The van der Waals surface area contributed by atoms with E-state index in [4.69, 9.17) is 4.74 Å². The van der Waals surface area contributed by atoms with Crippen LogP contribution in [-0.2, 0) is 9.53 Å². The first-order valence-electron chi connectivity index (χ1n) is 5.59. The molecule has 2 heterocycles. The molecule has 0 aromatic carbocycles. The normalized spacial score (nSPS) is 27.8. The van der Waals surface area contributed by atoms with Gasteiger partial charge in [0.2, 0.25) is 0 Å². The fourth-order valence-corrected chi connectivity index (χ4v) is 2.10. The summed E-state index contributed by atoms with van der Waals surface area (Å²) in [6.07, 6.45) is 0.756. The first kappa shape index (κ1) is 16.9. The van der Waals surface area contributed by atoms with Crippen molar-refractivity contribution in [3.63, 3.8) is 0 Å². The zero-order valence-corrected chi connectivity index (χ0v) is 11.6. The molecule has 0 saturated carbocycles. The molecule has 0 aromatic heterocycles. The van der Waals surface area contributed by atoms with Crippen LogP contribution < -0.4 is 10.6 Å². The Morgan fingerprint density at radius 1 is 1.24 bits per heavy atom. The number of nitrogens with zero attached hydrogens (tertiary/aromatic N) is 1. The number of hydrogen-bond acceptors (Lipinski definition) is 4. The molecule has 2 saturated heterocycles. The van der Waals surface area contributed by atoms with Crippen molar-refractivity contribution < 1.29 is 9.53 Å². The Balaban J connectivity index is 0.00000128. The number of carbonyl (C=O) groups is 1. The molecule has 0 spiro atoms. The van der Waals surface area contributed by atoms with Crippen LogP contribution in [0.5, 0.6) is 0 Å². The summed E-state index contributed by atoms with van der Waals surface area (Å²) in [6.45, 7) is 4.03. The lowest BCUT2D eigenvalue weighted by Gasteiger charge is -2.30. The molecule has 1 unspecified atom stereocenters. The number of carbonyl (C=O) groups excluding carboxylic acids is 1. The summed E-state index contributed by atoms with van der Waals surface area (Å²) in [7, 11) is 1.87. The van der Waals surface area contributed by atoms with Crippen molar-refractivity contribution >= 4 is 30.7 Å². The van der Waals surface area contributed by atoms with Gasteiger partial charge in [-0.15, -0.1) is 24.8 Å². The lowest BCUT2D eigenvalue weighted by atomic mass is 10.2. The molecule has 2 aliphatic rings. The fourth-order valence-electron chi connectivity index (χ4n) is 2.10. The van der Waals surface area contributed by atoms with Gasteiger partial charge in [-0.2, -0.15) is 0 Å². The van der Waals surface area contributed by atoms with Crippen LogP contribution in [0, 0.1) is 0 Å². The summed E-state index contributed by atoms with van der Waals surface area (Å²) < 4.78 is 5.45. The highest BCUT2D eigenvalue weighted by molar-refractivity contribution is 5.85. The summed E-state index contributed by atoms with van der Waals surface area (Å²) in [5.74, 6) is 0.107. The van der Waals surface area contributed by atoms with Crippen molar-refractivity contribution in [2.24, 2.45) is 0 Å². The van der Waals surface area contributed by atoms with Crippen LogP contribution in [0.1, 0.15) is 6.42 Å². The zero-order chi connectivity index (χ0) is 10.7. The number of morpholine rings is 1. The Hall–Kier alpha value is -0.0700. The van der Waals surface area contributed by atoms with Gasteiger partial charge in [0.1, 0.15) is 6.10 Å². The average Bonchev–Trinajstić information content (AvgIpc) is 2.82. The molecular weight excluding hydrogens is 265 g/mol. The van der Waals surface area contributed by atoms with Crippen molar-refractivity contribution in [1.29, 1.82) is 0 Å². The highest BCUT2D eigenvalue weighted by Crippen LogP contribution is 2.09. The van der Waals surface area contributed by atoms with E-state index in [-0.39, 0.29) is 36.8 Å². The van der Waals surface area contributed by atoms with Crippen molar-refractivity contribution in [3.8, 4) is 0 Å². The minimum atomic E-state index is -0.288. The van der Waals surface area contributed by atoms with Crippen LogP contribution in [0.25, 0.3) is 0 Å². The third kappa shape index (κ3) is 4.26. The van der Waals surface area contributed by atoms with E-state index in [0.29, 0.717) is 19.2 Å². The van der Waals surface area contributed by atoms with Gasteiger partial charge in [-0.3, -0.25) is 4.79 Å². The molecule has 2 aliphatic heterocycles. The van der Waals surface area contributed by atoms with Crippen molar-refractivity contribution in [1.82, 2.24) is 15.5 Å². The molecule has 102 valence electrons. The highest BCUT2D eigenvalue weighted by atomic mass is 35.5. The van der Waals surface area contributed by atoms with Gasteiger partial charge in [0, 0.05) is 32.7 Å². The van der Waals surface area contributed by atoms with E-state index in [0.717, 1.165) is 26.1 Å². The first-order valence-corrected chi connectivity index (χ1v) is 5.59. The molecule has 2 N–H and O–H groups in total. The minimum Gasteiger partial charge on any atom is -0.366 e. The van der Waals surface area contributed by atoms with Crippen LogP contribution in [-0.4, -0.2) is 62.8 Å². The number of ether oxygens (including phenoxy) is 1. The van der Waals surface area contributed by atoms with Crippen molar-refractivity contribution in [2.75, 3.05) is 39.8 Å². The Morgan fingerprint density at radius 3 is 2.47 bits per heavy atom. The SMILES string of the molecule is CN(C(=O)[C@H]1CNCCO1)C1CCNC1.Cl.Cl. The molecule has 1 amide bonds. The first-order chi connectivity index (χ1) is 7.29. The Morgan fingerprint density at radius 2 is 1.94 bits per heavy atom. The Kier molecular flexibility index (Phi) is 8.07. The standard InChI is InChI=1S/C10H19N3O2.2ClH/c1-13(8-2-3-11-6-8)10(14)9-7-12-4-5-15-9;;/h8-9,11-12H,2-7H2,1H3;2*1H/t8?,9-;;/m1../s1. The maximum atomic E-state index is 12.0. The van der Waals surface area contributed by atoms with Gasteiger partial charge in [-0.25, -0.2) is 0 Å². The number of nitrogens with one attached hydrogen (secondary N) is 2. The van der Waals surface area contributed by atoms with E-state index in [1.807, 2.05) is 11.9 Å². The molecular formula is C10H21Cl2N3O2. The van der Waals surface area contributed by atoms with Gasteiger partial charge in [0.05, 0.1) is 6.61 Å². The third-order valence-electron chi connectivity index (χ3n) is 3.13. The predicted octanol–water partition coefficient (Wildman–Crippen LogP) is -0.361. The fraction of sp³-hybridized carbons (Fsp3) is 0.900. The molecule has 0 aliphatic carbocycles. The van der Waals surface area contributed by atoms with Crippen molar-refractivity contribution in [2.45, 2.75) is 18.6 Å². The zero-order valence-electron chi connectivity index (χ0n) is 9.98. The van der Waals surface area contributed by atoms with Gasteiger partial charge in [-0.1, -0.05) is 0 Å². The highest BCUT2D eigenvalue weighted by Gasteiger charge is 2.30. The lowest BCUT2D eigenvalue weighted by Crippen LogP contribution is -2.51. The van der Waals surface area contributed by atoms with Gasteiger partial charge in [0.25, 0.3) is 5.91 Å². The molecule has 0 aromatic rings. The number of hydrogen-bond donors (Lipinski definition) is 2. The maximum absolute atomic E-state index is 12.0. The Bertz CT molecular complexity index is 232. The largest absolute Gasteiger partial charge is 0.366 e. The number of rotatable bonds is 2. The topological polar surface area (TPSA) is 53.6 Å². The Labute approximate surface area is 114 Å². The molecule has 2 fully saturated rings. The summed E-state index contributed by atoms with van der Waals surface area (Å²) in [5.41, 5.74) is 0. The quantitative estimate of drug-likeness (QED) is 0.728. The molecule has 17 heavy (non-hydrogen) atoms. The smallest absolute Gasteiger partial charge is 0.253 e. The third-order valence-corrected chi connectivity index (χ3v) is 3.13. The molecule has 0 bridgehead atoms. The van der Waals surface area contributed by atoms with Gasteiger partial charge >= 0.3 is 0 Å². The average molecular weight is 286 g/mol. The predicted molar refractivity (Wildman–Crippen MR) is 71.2 cm³/mol. The maximum Gasteiger partial charge on any atom is 0.253 e. The number of likely N-dealkylation sites (N-methyl/N-ethyl adjacent to an activating group) is 1. The number of amides is 1. The van der Waals surface area contributed by atoms with Crippen LogP contribution in [0.2, 0.25) is 0 Å². The van der Waals surface area contributed by atoms with Gasteiger partial charge in [0.15, 0.2) is 0 Å². The van der Waals surface area contributed by atoms with Gasteiger partial charge < -0.3 is 20.3 Å². The second-order valence-electron chi connectivity index (χ2n) is 4.16. The molecule has 2 atom stereocenters. The van der Waals surface area contributed by atoms with E-state index >= 15 is 0 Å². The van der Waals surface area contributed by atoms with Crippen LogP contribution in [0.15, 0.2) is 0 Å². The minimum absolute atomic E-state index is 0. The second kappa shape index (κ2) is 8.11. The number of halogens is 2. The van der Waals surface area contributed by atoms with Crippen molar-refractivity contribution in [3.05, 3.63) is 0 Å².